The molecule has 54 heavy (non-hydrogen) atoms. The quantitative estimate of drug-likeness (QED) is 0.0305. The number of esters is 2. The zero-order chi connectivity index (χ0) is 40.0. The topological polar surface area (TPSA) is 172 Å². The molecule has 0 heterocycles. The van der Waals surface area contributed by atoms with Crippen molar-refractivity contribution in [1.82, 2.24) is 0 Å². The summed E-state index contributed by atoms with van der Waals surface area (Å²) in [6, 6.07) is -1.52. The first-order chi connectivity index (χ1) is 26.1. The van der Waals surface area contributed by atoms with E-state index in [1.165, 1.54) is 141 Å². The third-order valence-electron chi connectivity index (χ3n) is 9.86. The summed E-state index contributed by atoms with van der Waals surface area (Å²) in [5.41, 5.74) is 5.33. The van der Waals surface area contributed by atoms with Crippen LogP contribution < -0.4 is 5.73 Å². The Hall–Kier alpha value is -1.52. The Kier molecular flexibility index (Phi) is 37.3. The van der Waals surface area contributed by atoms with Gasteiger partial charge < -0.3 is 25.2 Å². The molecule has 12 heteroatoms. The summed E-state index contributed by atoms with van der Waals surface area (Å²) in [7, 11) is -4.71. The second-order valence-electron chi connectivity index (χ2n) is 15.2. The number of carbonyl (C=O) groups is 3. The first-order valence-corrected chi connectivity index (χ1v) is 23.6. The molecule has 3 atom stereocenters. The van der Waals surface area contributed by atoms with E-state index in [9.17, 15) is 23.8 Å². The number of unbranched alkanes of at least 4 members (excludes halogenated alkanes) is 28. The molecule has 0 aliphatic rings. The normalized spacial score (nSPS) is 13.7. The van der Waals surface area contributed by atoms with E-state index in [1.807, 2.05) is 0 Å². The highest BCUT2D eigenvalue weighted by molar-refractivity contribution is 7.47. The van der Waals surface area contributed by atoms with Crippen molar-refractivity contribution in [3.05, 3.63) is 0 Å². The maximum atomic E-state index is 12.6. The minimum absolute atomic E-state index is 0.169. The number of carboxylic acid groups (broad SMARTS) is 1. The molecule has 1 unspecified atom stereocenters. The highest BCUT2D eigenvalue weighted by Crippen LogP contribution is 2.43. The van der Waals surface area contributed by atoms with Gasteiger partial charge in [-0.3, -0.25) is 23.4 Å². The number of hydrogen-bond acceptors (Lipinski definition) is 9. The van der Waals surface area contributed by atoms with E-state index in [1.54, 1.807) is 0 Å². The maximum Gasteiger partial charge on any atom is 0.472 e. The number of carboxylic acids is 1. The first kappa shape index (κ1) is 52.5. The minimum atomic E-state index is -4.71. The number of phosphoric ester groups is 1. The predicted molar refractivity (Wildman–Crippen MR) is 217 cm³/mol. The molecule has 0 aromatic rings. The maximum absolute atomic E-state index is 12.6. The Bertz CT molecular complexity index is 937. The Balaban J connectivity index is 4.31. The highest BCUT2D eigenvalue weighted by atomic mass is 31.2. The van der Waals surface area contributed by atoms with Crippen LogP contribution in [-0.4, -0.2) is 59.9 Å². The van der Waals surface area contributed by atoms with Crippen molar-refractivity contribution in [2.24, 2.45) is 5.73 Å². The summed E-state index contributed by atoms with van der Waals surface area (Å²) in [4.78, 5) is 45.9. The molecule has 0 spiro atoms. The number of nitrogens with two attached hydrogens (primary N) is 1. The lowest BCUT2D eigenvalue weighted by Gasteiger charge is -2.20. The monoisotopic (exact) mass is 792 g/mol. The molecule has 0 aromatic heterocycles. The lowest BCUT2D eigenvalue weighted by Crippen LogP contribution is -2.34. The molecule has 0 saturated heterocycles. The fourth-order valence-corrected chi connectivity index (χ4v) is 7.14. The number of carbonyl (C=O) groups excluding carboxylic acids is 2. The van der Waals surface area contributed by atoms with Gasteiger partial charge in [-0.15, -0.1) is 0 Å². The molecule has 0 amide bonds. The molecule has 11 nitrogen and oxygen atoms in total. The zero-order valence-electron chi connectivity index (χ0n) is 34.6. The molecule has 0 aliphatic heterocycles. The van der Waals surface area contributed by atoms with Gasteiger partial charge in [0.2, 0.25) is 0 Å². The number of rotatable bonds is 42. The van der Waals surface area contributed by atoms with Gasteiger partial charge in [-0.1, -0.05) is 194 Å². The molecule has 0 rings (SSSR count). The summed E-state index contributed by atoms with van der Waals surface area (Å²) >= 11 is 0. The second kappa shape index (κ2) is 38.4. The zero-order valence-corrected chi connectivity index (χ0v) is 35.5. The number of aliphatic carboxylic acids is 1. The van der Waals surface area contributed by atoms with Gasteiger partial charge in [-0.25, -0.2) is 4.57 Å². The van der Waals surface area contributed by atoms with Crippen LogP contribution in [0.25, 0.3) is 0 Å². The lowest BCUT2D eigenvalue weighted by atomic mass is 10.0. The van der Waals surface area contributed by atoms with E-state index in [0.717, 1.165) is 38.5 Å². The first-order valence-electron chi connectivity index (χ1n) is 22.1. The average molecular weight is 792 g/mol. The van der Waals surface area contributed by atoms with E-state index in [4.69, 9.17) is 24.8 Å². The Morgan fingerprint density at radius 3 is 1.17 bits per heavy atom. The van der Waals surface area contributed by atoms with E-state index in [-0.39, 0.29) is 19.4 Å². The van der Waals surface area contributed by atoms with Crippen molar-refractivity contribution in [2.75, 3.05) is 19.8 Å². The van der Waals surface area contributed by atoms with Crippen molar-refractivity contribution >= 4 is 25.7 Å². The average Bonchev–Trinajstić information content (AvgIpc) is 3.14. The molecule has 320 valence electrons. The fraction of sp³-hybridized carbons (Fsp3) is 0.929. The van der Waals surface area contributed by atoms with Gasteiger partial charge >= 0.3 is 25.7 Å². The molecular formula is C42H82NO10P. The molecule has 0 bridgehead atoms. The van der Waals surface area contributed by atoms with Crippen LogP contribution in [0.3, 0.4) is 0 Å². The third kappa shape index (κ3) is 37.4. The van der Waals surface area contributed by atoms with Crippen molar-refractivity contribution in [3.8, 4) is 0 Å². The third-order valence-corrected chi connectivity index (χ3v) is 10.8. The SMILES string of the molecule is CCCCCCCCCCCCCCCCCC(=O)OC[C@@H](COP(=O)(O)OC[C@@H](N)C(=O)O)OC(=O)CCCCCCCCCCCCCCCCC. The lowest BCUT2D eigenvalue weighted by molar-refractivity contribution is -0.161. The van der Waals surface area contributed by atoms with E-state index >= 15 is 0 Å². The van der Waals surface area contributed by atoms with Gasteiger partial charge in [0.1, 0.15) is 12.6 Å². The van der Waals surface area contributed by atoms with Crippen LogP contribution in [-0.2, 0) is 37.5 Å². The Morgan fingerprint density at radius 1 is 0.500 bits per heavy atom. The summed E-state index contributed by atoms with van der Waals surface area (Å²) in [5, 5.41) is 8.88. The molecule has 0 aliphatic carbocycles. The van der Waals surface area contributed by atoms with Crippen LogP contribution >= 0.6 is 7.82 Å². The molecule has 4 N–H and O–H groups in total. The number of phosphoric acid groups is 1. The summed E-state index contributed by atoms with van der Waals surface area (Å²) in [6.07, 6.45) is 35.9. The van der Waals surface area contributed by atoms with E-state index in [2.05, 4.69) is 18.4 Å². The van der Waals surface area contributed by atoms with Gasteiger partial charge in [0, 0.05) is 12.8 Å². The van der Waals surface area contributed by atoms with Crippen molar-refractivity contribution in [1.29, 1.82) is 0 Å². The van der Waals surface area contributed by atoms with Gasteiger partial charge in [0.05, 0.1) is 13.2 Å². The number of ether oxygens (including phenoxy) is 2. The van der Waals surface area contributed by atoms with Crippen molar-refractivity contribution in [2.45, 2.75) is 231 Å². The Labute approximate surface area is 329 Å². The van der Waals surface area contributed by atoms with E-state index < -0.39 is 51.1 Å². The summed E-state index contributed by atoms with van der Waals surface area (Å²) in [5.74, 6) is -2.36. The molecule has 0 radical (unpaired) electrons. The van der Waals surface area contributed by atoms with Crippen LogP contribution in [0.5, 0.6) is 0 Å². The van der Waals surface area contributed by atoms with Crippen molar-refractivity contribution in [3.63, 3.8) is 0 Å². The van der Waals surface area contributed by atoms with Crippen molar-refractivity contribution < 1.29 is 47.5 Å². The van der Waals surface area contributed by atoms with Gasteiger partial charge in [0.25, 0.3) is 0 Å². The minimum Gasteiger partial charge on any atom is -0.480 e. The van der Waals surface area contributed by atoms with Crippen LogP contribution in [0.4, 0.5) is 0 Å². The Morgan fingerprint density at radius 2 is 0.815 bits per heavy atom. The highest BCUT2D eigenvalue weighted by Gasteiger charge is 2.28. The fourth-order valence-electron chi connectivity index (χ4n) is 6.36. The molecular weight excluding hydrogens is 709 g/mol. The summed E-state index contributed by atoms with van der Waals surface area (Å²) < 4.78 is 32.7. The molecule has 0 fully saturated rings. The summed E-state index contributed by atoms with van der Waals surface area (Å²) in [6.45, 7) is 2.83. The van der Waals surface area contributed by atoms with Crippen LogP contribution in [0.1, 0.15) is 219 Å². The molecule has 0 aromatic carbocycles. The van der Waals surface area contributed by atoms with Gasteiger partial charge in [0.15, 0.2) is 6.10 Å². The largest absolute Gasteiger partial charge is 0.480 e. The molecule has 0 saturated carbocycles. The van der Waals surface area contributed by atoms with Crippen LogP contribution in [0.15, 0.2) is 0 Å². The van der Waals surface area contributed by atoms with Crippen LogP contribution in [0, 0.1) is 0 Å². The number of hydrogen-bond donors (Lipinski definition) is 3. The standard InChI is InChI=1S/C42H82NO10P/c1-3-5-7-9-11-13-15-17-19-21-23-25-27-29-31-33-40(44)50-35-38(36-51-54(48,49)52-37-39(43)42(46)47)53-41(45)34-32-30-28-26-24-22-20-18-16-14-12-10-8-6-4-2/h38-39H,3-37,43H2,1-2H3,(H,46,47)(H,48,49)/t38-,39+/m0/s1. The van der Waals surface area contributed by atoms with Gasteiger partial charge in [-0.2, -0.15) is 0 Å². The van der Waals surface area contributed by atoms with Gasteiger partial charge in [-0.05, 0) is 12.8 Å². The van der Waals surface area contributed by atoms with Crippen LogP contribution in [0.2, 0.25) is 0 Å². The van der Waals surface area contributed by atoms with E-state index in [0.29, 0.717) is 12.8 Å². The smallest absolute Gasteiger partial charge is 0.472 e. The predicted octanol–water partition coefficient (Wildman–Crippen LogP) is 11.5. The second-order valence-corrected chi connectivity index (χ2v) is 16.7.